The Bertz CT molecular complexity index is 987. The van der Waals surface area contributed by atoms with Gasteiger partial charge in [0.2, 0.25) is 5.91 Å². The monoisotopic (exact) mass is 407 g/mol. The molecule has 1 aromatic heterocycles. The van der Waals surface area contributed by atoms with Gasteiger partial charge in [0.25, 0.3) is 0 Å². The summed E-state index contributed by atoms with van der Waals surface area (Å²) in [5, 5.41) is 15.8. The van der Waals surface area contributed by atoms with Crippen LogP contribution in [0.5, 0.6) is 0 Å². The number of hydrogen-bond donors (Lipinski definition) is 1. The number of nitrogens with one attached hydrogen (secondary N) is 1. The number of aromatic nitrogens is 2. The van der Waals surface area contributed by atoms with Gasteiger partial charge in [-0.3, -0.25) is 4.79 Å². The normalized spacial score (nSPS) is 14.6. The van der Waals surface area contributed by atoms with Crippen LogP contribution in [0.4, 0.5) is 23.4 Å². The molecule has 0 unspecified atom stereocenters. The molecule has 10 heteroatoms. The third kappa shape index (κ3) is 4.58. The number of alkyl halides is 3. The van der Waals surface area contributed by atoms with E-state index in [1.54, 1.807) is 13.0 Å². The second kappa shape index (κ2) is 7.98. The lowest BCUT2D eigenvalue weighted by Gasteiger charge is -2.26. The first kappa shape index (κ1) is 20.4. The van der Waals surface area contributed by atoms with Gasteiger partial charge in [0, 0.05) is 25.3 Å². The van der Waals surface area contributed by atoms with Crippen LogP contribution in [0.25, 0.3) is 0 Å². The molecule has 0 fully saturated rings. The summed E-state index contributed by atoms with van der Waals surface area (Å²) in [6, 6.07) is 3.95. The van der Waals surface area contributed by atoms with Gasteiger partial charge in [0.1, 0.15) is 5.82 Å². The molecule has 2 heterocycles. The molecule has 1 amide bonds. The number of amides is 1. The fourth-order valence-electron chi connectivity index (χ4n) is 3.05. The number of hydrazone groups is 1. The first-order valence-electron chi connectivity index (χ1n) is 8.62. The molecule has 1 aliphatic rings. The standard InChI is InChI=1S/C19H17F4N5O/c1-11-16(3-4-25-18(11)29)28(24-2)17-8-13(10-26-27-17)5-12-6-14(19(21,22)23)9-15(20)7-12/h6-10H,2-5H2,1H3,(H,25,29). The van der Waals surface area contributed by atoms with Crippen molar-refractivity contribution in [1.82, 2.24) is 15.5 Å². The number of benzene rings is 1. The van der Waals surface area contributed by atoms with Crippen LogP contribution >= 0.6 is 0 Å². The summed E-state index contributed by atoms with van der Waals surface area (Å²) in [4.78, 5) is 11.9. The predicted octanol–water partition coefficient (Wildman–Crippen LogP) is 3.44. The molecule has 1 aliphatic heterocycles. The summed E-state index contributed by atoms with van der Waals surface area (Å²) < 4.78 is 52.4. The molecule has 0 aliphatic carbocycles. The molecule has 0 saturated heterocycles. The number of halogens is 4. The highest BCUT2D eigenvalue weighted by atomic mass is 19.4. The number of rotatable bonds is 5. The lowest BCUT2D eigenvalue weighted by Crippen LogP contribution is -2.35. The zero-order valence-corrected chi connectivity index (χ0v) is 15.4. The van der Waals surface area contributed by atoms with Gasteiger partial charge in [-0.15, -0.1) is 5.10 Å². The Morgan fingerprint density at radius 1 is 1.24 bits per heavy atom. The van der Waals surface area contributed by atoms with E-state index >= 15 is 0 Å². The molecule has 0 saturated carbocycles. The van der Waals surface area contributed by atoms with Crippen molar-refractivity contribution in [2.45, 2.75) is 25.9 Å². The highest BCUT2D eigenvalue weighted by molar-refractivity contribution is 5.95. The van der Waals surface area contributed by atoms with E-state index in [0.717, 1.165) is 12.1 Å². The van der Waals surface area contributed by atoms with Gasteiger partial charge in [0.05, 0.1) is 17.5 Å². The van der Waals surface area contributed by atoms with Crippen molar-refractivity contribution in [3.05, 3.63) is 64.2 Å². The van der Waals surface area contributed by atoms with Gasteiger partial charge < -0.3 is 5.32 Å². The molecule has 6 nitrogen and oxygen atoms in total. The minimum atomic E-state index is -4.65. The first-order chi connectivity index (χ1) is 13.7. The highest BCUT2D eigenvalue weighted by Gasteiger charge is 2.31. The Kier molecular flexibility index (Phi) is 5.62. The van der Waals surface area contributed by atoms with Crippen molar-refractivity contribution in [2.24, 2.45) is 5.10 Å². The third-order valence-corrected chi connectivity index (χ3v) is 4.43. The Hall–Kier alpha value is -3.30. The average Bonchev–Trinajstić information content (AvgIpc) is 2.65. The third-order valence-electron chi connectivity index (χ3n) is 4.43. The van der Waals surface area contributed by atoms with E-state index in [0.29, 0.717) is 35.9 Å². The maximum Gasteiger partial charge on any atom is 0.416 e. The van der Waals surface area contributed by atoms with E-state index in [4.69, 9.17) is 0 Å². The number of carbonyl (C=O) groups excluding carboxylic acids is 1. The second-order valence-electron chi connectivity index (χ2n) is 6.48. The maximum absolute atomic E-state index is 13.6. The van der Waals surface area contributed by atoms with Gasteiger partial charge >= 0.3 is 6.18 Å². The largest absolute Gasteiger partial charge is 0.416 e. The van der Waals surface area contributed by atoms with Crippen LogP contribution in [-0.2, 0) is 17.4 Å². The quantitative estimate of drug-likeness (QED) is 0.468. The van der Waals surface area contributed by atoms with Crippen LogP contribution in [0.3, 0.4) is 0 Å². The topological polar surface area (TPSA) is 70.5 Å². The zero-order chi connectivity index (χ0) is 21.2. The lowest BCUT2D eigenvalue weighted by molar-refractivity contribution is -0.137. The van der Waals surface area contributed by atoms with E-state index < -0.39 is 17.6 Å². The fourth-order valence-corrected chi connectivity index (χ4v) is 3.05. The molecule has 0 bridgehead atoms. The molecule has 0 spiro atoms. The van der Waals surface area contributed by atoms with E-state index in [-0.39, 0.29) is 23.7 Å². The molecule has 0 radical (unpaired) electrons. The molecular weight excluding hydrogens is 390 g/mol. The number of anilines is 1. The average molecular weight is 407 g/mol. The summed E-state index contributed by atoms with van der Waals surface area (Å²) >= 11 is 0. The van der Waals surface area contributed by atoms with Crippen LogP contribution in [0.15, 0.2) is 46.8 Å². The molecule has 3 rings (SSSR count). The predicted molar refractivity (Wildman–Crippen MR) is 98.6 cm³/mol. The van der Waals surface area contributed by atoms with Crippen molar-refractivity contribution in [1.29, 1.82) is 0 Å². The lowest BCUT2D eigenvalue weighted by atomic mass is 10.0. The molecular formula is C19H17F4N5O. The molecule has 0 atom stereocenters. The Morgan fingerprint density at radius 3 is 2.69 bits per heavy atom. The summed E-state index contributed by atoms with van der Waals surface area (Å²) in [5.41, 5.74) is 0.636. The SMILES string of the molecule is C=NN(C1=C(C)C(=O)NCC1)c1cc(Cc2cc(F)cc(C(F)(F)F)c2)cnn1. The Balaban J connectivity index is 1.92. The van der Waals surface area contributed by atoms with Crippen molar-refractivity contribution < 1.29 is 22.4 Å². The summed E-state index contributed by atoms with van der Waals surface area (Å²) in [7, 11) is 0. The van der Waals surface area contributed by atoms with Gasteiger partial charge in [-0.25, -0.2) is 9.40 Å². The summed E-state index contributed by atoms with van der Waals surface area (Å²) in [5.74, 6) is -0.946. The van der Waals surface area contributed by atoms with E-state index in [1.165, 1.54) is 11.2 Å². The summed E-state index contributed by atoms with van der Waals surface area (Å²) in [6.45, 7) is 5.57. The van der Waals surface area contributed by atoms with Gasteiger partial charge in [-0.1, -0.05) is 0 Å². The van der Waals surface area contributed by atoms with Crippen molar-refractivity contribution >= 4 is 18.4 Å². The smallest absolute Gasteiger partial charge is 0.352 e. The van der Waals surface area contributed by atoms with Crippen LogP contribution < -0.4 is 10.3 Å². The van der Waals surface area contributed by atoms with E-state index in [9.17, 15) is 22.4 Å². The number of carbonyl (C=O) groups is 1. The van der Waals surface area contributed by atoms with Crippen molar-refractivity contribution in [2.75, 3.05) is 11.6 Å². The van der Waals surface area contributed by atoms with Crippen LogP contribution in [-0.4, -0.2) is 29.4 Å². The number of nitrogens with zero attached hydrogens (tertiary/aromatic N) is 4. The Morgan fingerprint density at radius 2 is 2.00 bits per heavy atom. The molecule has 29 heavy (non-hydrogen) atoms. The van der Waals surface area contributed by atoms with Gasteiger partial charge in [-0.05, 0) is 48.7 Å². The number of hydrogen-bond acceptors (Lipinski definition) is 5. The minimum absolute atomic E-state index is 0.00680. The van der Waals surface area contributed by atoms with E-state index in [2.05, 4.69) is 27.3 Å². The van der Waals surface area contributed by atoms with Gasteiger partial charge in [0.15, 0.2) is 5.82 Å². The molecule has 152 valence electrons. The molecule has 2 aromatic rings. The van der Waals surface area contributed by atoms with Crippen molar-refractivity contribution in [3.63, 3.8) is 0 Å². The first-order valence-corrected chi connectivity index (χ1v) is 8.62. The minimum Gasteiger partial charge on any atom is -0.352 e. The van der Waals surface area contributed by atoms with Crippen LogP contribution in [0.1, 0.15) is 30.0 Å². The maximum atomic E-state index is 13.6. The fraction of sp³-hybridized carbons (Fsp3) is 0.263. The zero-order valence-electron chi connectivity index (χ0n) is 15.4. The second-order valence-corrected chi connectivity index (χ2v) is 6.48. The molecule has 1 N–H and O–H groups in total. The Labute approximate surface area is 163 Å². The van der Waals surface area contributed by atoms with Crippen LogP contribution in [0.2, 0.25) is 0 Å². The highest BCUT2D eigenvalue weighted by Crippen LogP contribution is 2.31. The molecule has 1 aromatic carbocycles. The van der Waals surface area contributed by atoms with Gasteiger partial charge in [-0.2, -0.15) is 23.4 Å². The van der Waals surface area contributed by atoms with Crippen molar-refractivity contribution in [3.8, 4) is 0 Å². The summed E-state index contributed by atoms with van der Waals surface area (Å²) in [6.07, 6.45) is -2.76. The van der Waals surface area contributed by atoms with Crippen LogP contribution in [0, 0.1) is 5.82 Å². The van der Waals surface area contributed by atoms with E-state index in [1.807, 2.05) is 0 Å².